The number of fused-ring (bicyclic) bond motifs is 3. The topological polar surface area (TPSA) is 139 Å². The van der Waals surface area contributed by atoms with Gasteiger partial charge < -0.3 is 20.8 Å². The molecule has 3 amide bonds. The summed E-state index contributed by atoms with van der Waals surface area (Å²) in [4.78, 5) is 47.2. The van der Waals surface area contributed by atoms with Crippen molar-refractivity contribution in [3.8, 4) is 10.4 Å². The number of ether oxygens (including phenoxy) is 1. The number of aryl methyl sites for hydroxylation is 2. The molecule has 6 rings (SSSR count). The zero-order valence-electron chi connectivity index (χ0n) is 22.2. The van der Waals surface area contributed by atoms with Crippen molar-refractivity contribution in [2.45, 2.75) is 45.1 Å². The highest BCUT2D eigenvalue weighted by atomic mass is 32.1. The molecule has 4 aromatic rings. The van der Waals surface area contributed by atoms with Gasteiger partial charge >= 0.3 is 0 Å². The van der Waals surface area contributed by atoms with Crippen LogP contribution in [0.2, 0.25) is 0 Å². The summed E-state index contributed by atoms with van der Waals surface area (Å²) in [5.41, 5.74) is 11.2. The number of hydrogen-bond donors (Lipinski definition) is 4. The number of nitrogens with zero attached hydrogens (tertiary/aromatic N) is 1. The highest BCUT2D eigenvalue weighted by Gasteiger charge is 2.31. The zero-order chi connectivity index (χ0) is 27.8. The lowest BCUT2D eigenvalue weighted by molar-refractivity contribution is -0.126. The molecule has 0 bridgehead atoms. The van der Waals surface area contributed by atoms with Crippen molar-refractivity contribution in [3.63, 3.8) is 0 Å². The van der Waals surface area contributed by atoms with Gasteiger partial charge in [0.15, 0.2) is 5.13 Å². The van der Waals surface area contributed by atoms with E-state index in [1.165, 1.54) is 11.3 Å². The molecule has 0 saturated carbocycles. The lowest BCUT2D eigenvalue weighted by Gasteiger charge is -2.27. The van der Waals surface area contributed by atoms with Gasteiger partial charge in [-0.1, -0.05) is 35.6 Å². The van der Waals surface area contributed by atoms with Crippen LogP contribution in [0.4, 0.5) is 5.13 Å². The summed E-state index contributed by atoms with van der Waals surface area (Å²) in [7, 11) is 0. The van der Waals surface area contributed by atoms with Crippen LogP contribution in [0.1, 0.15) is 56.9 Å². The molecule has 10 heteroatoms. The van der Waals surface area contributed by atoms with Crippen molar-refractivity contribution < 1.29 is 19.1 Å². The van der Waals surface area contributed by atoms with E-state index in [1.807, 2.05) is 31.2 Å². The Morgan fingerprint density at radius 3 is 2.60 bits per heavy atom. The number of nitrogens with two attached hydrogens (primary N) is 1. The van der Waals surface area contributed by atoms with Gasteiger partial charge in [-0.05, 0) is 62.8 Å². The molecule has 2 aromatic heterocycles. The molecule has 2 aliphatic rings. The minimum absolute atomic E-state index is 0.0728. The number of benzene rings is 2. The van der Waals surface area contributed by atoms with Crippen molar-refractivity contribution in [1.29, 1.82) is 0 Å². The van der Waals surface area contributed by atoms with Crippen LogP contribution in [0.15, 0.2) is 42.5 Å². The molecule has 0 radical (unpaired) electrons. The quantitative estimate of drug-likeness (QED) is 0.279. The Balaban J connectivity index is 1.32. The van der Waals surface area contributed by atoms with E-state index in [0.29, 0.717) is 47.8 Å². The van der Waals surface area contributed by atoms with E-state index >= 15 is 0 Å². The predicted octanol–water partition coefficient (Wildman–Crippen LogP) is 4.35. The van der Waals surface area contributed by atoms with Gasteiger partial charge in [-0.3, -0.25) is 19.7 Å². The average molecular weight is 558 g/mol. The number of rotatable bonds is 6. The molecular formula is C30H31N5O4S. The van der Waals surface area contributed by atoms with Gasteiger partial charge in [0.25, 0.3) is 11.8 Å². The van der Waals surface area contributed by atoms with Gasteiger partial charge in [0, 0.05) is 47.4 Å². The van der Waals surface area contributed by atoms with Crippen LogP contribution in [0.25, 0.3) is 21.3 Å². The molecule has 1 saturated heterocycles. The van der Waals surface area contributed by atoms with Gasteiger partial charge in [0.1, 0.15) is 0 Å². The van der Waals surface area contributed by atoms with Gasteiger partial charge in [0.05, 0.1) is 21.7 Å². The Hall–Kier alpha value is -4.02. The Kier molecular flexibility index (Phi) is 7.12. The second-order valence-corrected chi connectivity index (χ2v) is 11.4. The fourth-order valence-corrected chi connectivity index (χ4v) is 6.77. The van der Waals surface area contributed by atoms with Gasteiger partial charge in [-0.2, -0.15) is 0 Å². The number of nitrogens with one attached hydrogen (secondary N) is 3. The van der Waals surface area contributed by atoms with Crippen LogP contribution in [-0.4, -0.2) is 46.9 Å². The van der Waals surface area contributed by atoms with E-state index in [4.69, 9.17) is 10.5 Å². The molecule has 1 fully saturated rings. The molecule has 1 aliphatic heterocycles. The van der Waals surface area contributed by atoms with Crippen molar-refractivity contribution in [1.82, 2.24) is 15.3 Å². The minimum atomic E-state index is -0.513. The monoisotopic (exact) mass is 557 g/mol. The summed E-state index contributed by atoms with van der Waals surface area (Å²) in [5, 5.41) is 7.55. The second kappa shape index (κ2) is 10.9. The number of aromatic nitrogens is 2. The molecule has 3 heterocycles. The highest BCUT2D eigenvalue weighted by molar-refractivity contribution is 7.19. The van der Waals surface area contributed by atoms with Crippen LogP contribution in [0, 0.1) is 12.8 Å². The molecule has 40 heavy (non-hydrogen) atoms. The number of amides is 3. The summed E-state index contributed by atoms with van der Waals surface area (Å²) >= 11 is 1.40. The van der Waals surface area contributed by atoms with E-state index in [0.717, 1.165) is 52.0 Å². The molecule has 0 spiro atoms. The molecule has 5 N–H and O–H groups in total. The third kappa shape index (κ3) is 5.00. The number of hydrogen-bond acceptors (Lipinski definition) is 6. The Bertz CT molecular complexity index is 1600. The molecule has 1 unspecified atom stereocenters. The number of primary amides is 1. The standard InChI is InChI=1S/C30H31N5O4S/c1-16-26(40-30(32-16)35-28(37)17-5-3-2-4-6-17)21-9-10-22(27(31)36)25-24(21)20-8-7-18(15-23(20)34-25)29(38)33-19-11-13-39-14-12-19/h2-6,9-10,18-19,34H,7-8,11-15H2,1H3,(H2,31,36)(H,33,38)(H,32,35,37). The third-order valence-corrected chi connectivity index (χ3v) is 8.95. The SMILES string of the molecule is Cc1nc(NC(=O)c2ccccc2)sc1-c1ccc(C(N)=O)c2[nH]c3c(c12)CCC(C(=O)NC1CCOCC1)C3. The number of H-pyrrole nitrogens is 1. The van der Waals surface area contributed by atoms with Crippen molar-refractivity contribution in [2.24, 2.45) is 11.7 Å². The van der Waals surface area contributed by atoms with Gasteiger partial charge in [-0.25, -0.2) is 4.98 Å². The van der Waals surface area contributed by atoms with E-state index in [9.17, 15) is 14.4 Å². The summed E-state index contributed by atoms with van der Waals surface area (Å²) in [6.07, 6.45) is 3.66. The fraction of sp³-hybridized carbons (Fsp3) is 0.333. The van der Waals surface area contributed by atoms with Crippen LogP contribution < -0.4 is 16.4 Å². The highest BCUT2D eigenvalue weighted by Crippen LogP contribution is 2.42. The number of aromatic amines is 1. The fourth-order valence-electron chi connectivity index (χ4n) is 5.78. The molecular weight excluding hydrogens is 526 g/mol. The smallest absolute Gasteiger partial charge is 0.257 e. The van der Waals surface area contributed by atoms with E-state index in [1.54, 1.807) is 18.2 Å². The Morgan fingerprint density at radius 1 is 1.07 bits per heavy atom. The number of anilines is 1. The first kappa shape index (κ1) is 26.2. The van der Waals surface area contributed by atoms with Crippen LogP contribution in [-0.2, 0) is 22.4 Å². The molecule has 9 nitrogen and oxygen atoms in total. The van der Waals surface area contributed by atoms with Gasteiger partial charge in [-0.15, -0.1) is 0 Å². The first-order valence-corrected chi connectivity index (χ1v) is 14.4. The van der Waals surface area contributed by atoms with Crippen LogP contribution in [0.3, 0.4) is 0 Å². The second-order valence-electron chi connectivity index (χ2n) is 10.4. The lowest BCUT2D eigenvalue weighted by atomic mass is 9.85. The zero-order valence-corrected chi connectivity index (χ0v) is 23.0. The summed E-state index contributed by atoms with van der Waals surface area (Å²) < 4.78 is 5.42. The van der Waals surface area contributed by atoms with Crippen molar-refractivity contribution >= 4 is 45.1 Å². The molecule has 1 aliphatic carbocycles. The van der Waals surface area contributed by atoms with E-state index < -0.39 is 5.91 Å². The average Bonchev–Trinajstić information content (AvgIpc) is 3.53. The van der Waals surface area contributed by atoms with Gasteiger partial charge in [0.2, 0.25) is 5.91 Å². The molecule has 206 valence electrons. The maximum Gasteiger partial charge on any atom is 0.257 e. The summed E-state index contributed by atoms with van der Waals surface area (Å²) in [5.74, 6) is -0.808. The van der Waals surface area contributed by atoms with Crippen molar-refractivity contribution in [3.05, 3.63) is 70.5 Å². The number of thiazole rings is 1. The predicted molar refractivity (Wildman–Crippen MR) is 155 cm³/mol. The first-order valence-electron chi connectivity index (χ1n) is 13.6. The summed E-state index contributed by atoms with van der Waals surface area (Å²) in [6.45, 7) is 3.26. The number of carbonyl (C=O) groups is 3. The Labute approximate surface area is 235 Å². The molecule has 2 aromatic carbocycles. The Morgan fingerprint density at radius 2 is 1.85 bits per heavy atom. The number of carbonyl (C=O) groups excluding carboxylic acids is 3. The maximum absolute atomic E-state index is 13.1. The largest absolute Gasteiger partial charge is 0.381 e. The maximum atomic E-state index is 13.1. The van der Waals surface area contributed by atoms with Crippen LogP contribution >= 0.6 is 11.3 Å². The first-order chi connectivity index (χ1) is 19.4. The van der Waals surface area contributed by atoms with E-state index in [-0.39, 0.29) is 23.8 Å². The van der Waals surface area contributed by atoms with Crippen LogP contribution in [0.5, 0.6) is 0 Å². The lowest BCUT2D eigenvalue weighted by Crippen LogP contribution is -2.43. The van der Waals surface area contributed by atoms with E-state index in [2.05, 4.69) is 20.6 Å². The third-order valence-electron chi connectivity index (χ3n) is 7.84. The minimum Gasteiger partial charge on any atom is -0.381 e. The molecule has 1 atom stereocenters. The normalized spacial score (nSPS) is 17.4. The summed E-state index contributed by atoms with van der Waals surface area (Å²) in [6, 6.07) is 12.8. The van der Waals surface area contributed by atoms with Crippen molar-refractivity contribution in [2.75, 3.05) is 18.5 Å².